The quantitative estimate of drug-likeness (QED) is 0.862. The second kappa shape index (κ2) is 4.51. The lowest BCUT2D eigenvalue weighted by Crippen LogP contribution is -2.01. The lowest BCUT2D eigenvalue weighted by Gasteiger charge is -2.09. The summed E-state index contributed by atoms with van der Waals surface area (Å²) in [6.07, 6.45) is 5.10. The van der Waals surface area contributed by atoms with E-state index in [4.69, 9.17) is 0 Å². The van der Waals surface area contributed by atoms with Gasteiger partial charge in [0.05, 0.1) is 0 Å². The van der Waals surface area contributed by atoms with Crippen molar-refractivity contribution in [1.29, 1.82) is 0 Å². The summed E-state index contributed by atoms with van der Waals surface area (Å²) >= 11 is 1.57. The monoisotopic (exact) mass is 220 g/mol. The van der Waals surface area contributed by atoms with Crippen LogP contribution >= 0.6 is 11.3 Å². The Morgan fingerprint density at radius 2 is 2.13 bits per heavy atom. The first-order valence-corrected chi connectivity index (χ1v) is 5.70. The zero-order valence-electron chi connectivity index (χ0n) is 8.42. The number of aliphatic hydroxyl groups excluding tert-OH is 1. The third-order valence-electron chi connectivity index (χ3n) is 2.31. The minimum absolute atomic E-state index is 0.596. The van der Waals surface area contributed by atoms with Gasteiger partial charge in [-0.25, -0.2) is 9.97 Å². The highest BCUT2D eigenvalue weighted by Crippen LogP contribution is 2.29. The molecule has 0 aromatic carbocycles. The van der Waals surface area contributed by atoms with Crippen molar-refractivity contribution < 1.29 is 5.11 Å². The summed E-state index contributed by atoms with van der Waals surface area (Å²) in [5, 5.41) is 12.1. The minimum Gasteiger partial charge on any atom is -0.383 e. The molecule has 4 heteroatoms. The van der Waals surface area contributed by atoms with E-state index in [1.807, 2.05) is 11.4 Å². The van der Waals surface area contributed by atoms with Crippen LogP contribution in [-0.4, -0.2) is 15.1 Å². The molecule has 0 aliphatic carbocycles. The summed E-state index contributed by atoms with van der Waals surface area (Å²) in [5.41, 5.74) is 1.94. The molecule has 2 heterocycles. The van der Waals surface area contributed by atoms with E-state index in [0.717, 1.165) is 16.9 Å². The summed E-state index contributed by atoms with van der Waals surface area (Å²) in [4.78, 5) is 8.80. The summed E-state index contributed by atoms with van der Waals surface area (Å²) in [6.45, 7) is 2.08. The fourth-order valence-electron chi connectivity index (χ4n) is 1.48. The summed E-state index contributed by atoms with van der Waals surface area (Å²) in [7, 11) is 0. The van der Waals surface area contributed by atoms with Gasteiger partial charge >= 0.3 is 0 Å². The van der Waals surface area contributed by atoms with Gasteiger partial charge in [-0.1, -0.05) is 6.92 Å². The molecule has 2 aromatic rings. The Morgan fingerprint density at radius 3 is 2.80 bits per heavy atom. The molecule has 78 valence electrons. The van der Waals surface area contributed by atoms with Crippen molar-refractivity contribution >= 4 is 11.3 Å². The molecule has 1 N–H and O–H groups in total. The number of aryl methyl sites for hydroxylation is 1. The Balaban J connectivity index is 2.32. The Kier molecular flexibility index (Phi) is 3.08. The third-order valence-corrected chi connectivity index (χ3v) is 3.32. The van der Waals surface area contributed by atoms with E-state index in [1.54, 1.807) is 23.7 Å². The molecule has 0 aliphatic rings. The maximum atomic E-state index is 10.1. The van der Waals surface area contributed by atoms with Crippen molar-refractivity contribution in [2.75, 3.05) is 0 Å². The van der Waals surface area contributed by atoms with Crippen LogP contribution in [0.25, 0.3) is 0 Å². The number of hydrogen-bond donors (Lipinski definition) is 1. The number of aliphatic hydroxyl groups is 1. The fourth-order valence-corrected chi connectivity index (χ4v) is 2.49. The molecular formula is C11H12N2OS. The number of thiophene rings is 1. The van der Waals surface area contributed by atoms with Gasteiger partial charge in [0, 0.05) is 22.8 Å². The van der Waals surface area contributed by atoms with Crippen LogP contribution in [-0.2, 0) is 6.42 Å². The van der Waals surface area contributed by atoms with Crippen LogP contribution in [0.1, 0.15) is 29.0 Å². The number of aromatic nitrogens is 2. The van der Waals surface area contributed by atoms with Crippen molar-refractivity contribution in [3.05, 3.63) is 46.2 Å². The average Bonchev–Trinajstić information content (AvgIpc) is 2.77. The standard InChI is InChI=1S/C11H12N2OS/c1-2-8-3-4-15-11(8)10(14)9-5-12-7-13-6-9/h3-7,10,14H,2H2,1H3. The maximum Gasteiger partial charge on any atom is 0.116 e. The van der Waals surface area contributed by atoms with E-state index < -0.39 is 6.10 Å². The van der Waals surface area contributed by atoms with E-state index >= 15 is 0 Å². The minimum atomic E-state index is -0.596. The van der Waals surface area contributed by atoms with Crippen molar-refractivity contribution in [2.45, 2.75) is 19.4 Å². The predicted octanol–water partition coefficient (Wildman–Crippen LogP) is 2.18. The van der Waals surface area contributed by atoms with E-state index in [1.165, 1.54) is 11.9 Å². The largest absolute Gasteiger partial charge is 0.383 e. The van der Waals surface area contributed by atoms with Crippen molar-refractivity contribution in [1.82, 2.24) is 9.97 Å². The molecule has 0 fully saturated rings. The smallest absolute Gasteiger partial charge is 0.116 e. The Bertz CT molecular complexity index is 427. The van der Waals surface area contributed by atoms with Crippen LogP contribution in [0.4, 0.5) is 0 Å². The van der Waals surface area contributed by atoms with Crippen LogP contribution in [0.2, 0.25) is 0 Å². The molecular weight excluding hydrogens is 208 g/mol. The summed E-state index contributed by atoms with van der Waals surface area (Å²) in [5.74, 6) is 0. The normalized spacial score (nSPS) is 12.7. The van der Waals surface area contributed by atoms with E-state index in [9.17, 15) is 5.11 Å². The Morgan fingerprint density at radius 1 is 1.40 bits per heavy atom. The maximum absolute atomic E-state index is 10.1. The number of nitrogens with zero attached hydrogens (tertiary/aromatic N) is 2. The van der Waals surface area contributed by atoms with E-state index in [0.29, 0.717) is 0 Å². The molecule has 0 saturated carbocycles. The van der Waals surface area contributed by atoms with Gasteiger partial charge in [0.15, 0.2) is 0 Å². The molecule has 2 aromatic heterocycles. The fraction of sp³-hybridized carbons (Fsp3) is 0.273. The lowest BCUT2D eigenvalue weighted by molar-refractivity contribution is 0.222. The first kappa shape index (κ1) is 10.3. The lowest BCUT2D eigenvalue weighted by atomic mass is 10.1. The average molecular weight is 220 g/mol. The van der Waals surface area contributed by atoms with Gasteiger partial charge in [-0.3, -0.25) is 0 Å². The van der Waals surface area contributed by atoms with Crippen LogP contribution in [0, 0.1) is 0 Å². The molecule has 0 amide bonds. The second-order valence-electron chi connectivity index (χ2n) is 3.24. The Hall–Kier alpha value is -1.26. The summed E-state index contributed by atoms with van der Waals surface area (Å²) in [6, 6.07) is 2.05. The highest BCUT2D eigenvalue weighted by Gasteiger charge is 2.15. The SMILES string of the molecule is CCc1ccsc1C(O)c1cncnc1. The Labute approximate surface area is 92.5 Å². The van der Waals surface area contributed by atoms with E-state index in [2.05, 4.69) is 16.9 Å². The van der Waals surface area contributed by atoms with Gasteiger partial charge in [-0.15, -0.1) is 11.3 Å². The van der Waals surface area contributed by atoms with Gasteiger partial charge in [0.2, 0.25) is 0 Å². The molecule has 15 heavy (non-hydrogen) atoms. The van der Waals surface area contributed by atoms with Crippen molar-refractivity contribution in [3.63, 3.8) is 0 Å². The molecule has 0 spiro atoms. The van der Waals surface area contributed by atoms with Crippen LogP contribution in [0.3, 0.4) is 0 Å². The van der Waals surface area contributed by atoms with Gasteiger partial charge in [-0.2, -0.15) is 0 Å². The highest BCUT2D eigenvalue weighted by atomic mass is 32.1. The number of rotatable bonds is 3. The molecule has 2 rings (SSSR count). The van der Waals surface area contributed by atoms with Gasteiger partial charge in [-0.05, 0) is 23.4 Å². The number of hydrogen-bond acceptors (Lipinski definition) is 4. The molecule has 0 saturated heterocycles. The molecule has 1 atom stereocenters. The summed E-state index contributed by atoms with van der Waals surface area (Å²) < 4.78 is 0. The van der Waals surface area contributed by atoms with Crippen LogP contribution in [0.15, 0.2) is 30.2 Å². The van der Waals surface area contributed by atoms with Crippen LogP contribution in [0.5, 0.6) is 0 Å². The molecule has 0 bridgehead atoms. The van der Waals surface area contributed by atoms with Gasteiger partial charge in [0.25, 0.3) is 0 Å². The third kappa shape index (κ3) is 2.06. The first-order valence-electron chi connectivity index (χ1n) is 4.82. The molecule has 1 unspecified atom stereocenters. The van der Waals surface area contributed by atoms with Gasteiger partial charge < -0.3 is 5.11 Å². The van der Waals surface area contributed by atoms with Gasteiger partial charge in [0.1, 0.15) is 12.4 Å². The molecule has 3 nitrogen and oxygen atoms in total. The zero-order chi connectivity index (χ0) is 10.7. The molecule has 0 radical (unpaired) electrons. The van der Waals surface area contributed by atoms with E-state index in [-0.39, 0.29) is 0 Å². The zero-order valence-corrected chi connectivity index (χ0v) is 9.24. The second-order valence-corrected chi connectivity index (χ2v) is 4.19. The topological polar surface area (TPSA) is 46.0 Å². The predicted molar refractivity (Wildman–Crippen MR) is 59.8 cm³/mol. The van der Waals surface area contributed by atoms with Crippen molar-refractivity contribution in [3.8, 4) is 0 Å². The molecule has 0 aliphatic heterocycles. The van der Waals surface area contributed by atoms with Crippen molar-refractivity contribution in [2.24, 2.45) is 0 Å². The first-order chi connectivity index (χ1) is 7.33. The highest BCUT2D eigenvalue weighted by molar-refractivity contribution is 7.10. The van der Waals surface area contributed by atoms with Crippen LogP contribution < -0.4 is 0 Å².